The van der Waals surface area contributed by atoms with Gasteiger partial charge in [0.15, 0.2) is 0 Å². The predicted molar refractivity (Wildman–Crippen MR) is 63.2 cm³/mol. The molecule has 0 aromatic heterocycles. The molecule has 0 atom stereocenters. The largest absolute Gasteiger partial charge is 0.502 e. The van der Waals surface area contributed by atoms with Crippen LogP contribution in [-0.4, -0.2) is 35.5 Å². The molecule has 0 amide bonds. The molecule has 3 heteroatoms. The van der Waals surface area contributed by atoms with Crippen molar-refractivity contribution in [3.63, 3.8) is 0 Å². The molecule has 1 rings (SSSR count). The van der Waals surface area contributed by atoms with E-state index in [0.717, 1.165) is 6.54 Å². The minimum atomic E-state index is -0.0373. The van der Waals surface area contributed by atoms with Gasteiger partial charge in [0, 0.05) is 6.54 Å². The van der Waals surface area contributed by atoms with Gasteiger partial charge in [-0.05, 0) is 14.1 Å². The Balaban J connectivity index is 2.82. The van der Waals surface area contributed by atoms with Crippen molar-refractivity contribution in [2.45, 2.75) is 6.54 Å². The van der Waals surface area contributed by atoms with E-state index in [1.165, 1.54) is 5.56 Å². The Labute approximate surface area is 93.6 Å². The molecule has 0 saturated carbocycles. The van der Waals surface area contributed by atoms with Crippen LogP contribution in [0.15, 0.2) is 24.3 Å². The van der Waals surface area contributed by atoms with E-state index in [2.05, 4.69) is 62.1 Å². The van der Waals surface area contributed by atoms with Gasteiger partial charge in [-0.1, -0.05) is 29.8 Å². The fourth-order valence-electron chi connectivity index (χ4n) is 1.18. The van der Waals surface area contributed by atoms with E-state index < -0.39 is 0 Å². The second-order valence-corrected chi connectivity index (χ2v) is 6.46. The van der Waals surface area contributed by atoms with E-state index in [4.69, 9.17) is 0 Å². The summed E-state index contributed by atoms with van der Waals surface area (Å²) in [6, 6.07) is 8.77. The van der Waals surface area contributed by atoms with Crippen LogP contribution < -0.4 is 3.69 Å². The summed E-state index contributed by atoms with van der Waals surface area (Å²) in [5.74, 6) is 0. The summed E-state index contributed by atoms with van der Waals surface area (Å²) in [4.78, 5) is 2.22. The maximum absolute atomic E-state index is 2.55. The van der Waals surface area contributed by atoms with Gasteiger partial charge >= 0.3 is 16.5 Å². The normalized spacial score (nSPS) is 10.0. The third-order valence-electron chi connectivity index (χ3n) is 1.75. The number of hydrogen-bond acceptors (Lipinski definition) is 1. The predicted octanol–water partition coefficient (Wildman–Crippen LogP) is 1.43. The molecule has 12 heavy (non-hydrogen) atoms. The minimum Gasteiger partial charge on any atom is -0.305 e. The van der Waals surface area contributed by atoms with Crippen LogP contribution in [0.4, 0.5) is 0 Å². The van der Waals surface area contributed by atoms with Gasteiger partial charge in [0.05, 0.1) is 0 Å². The quantitative estimate of drug-likeness (QED) is 0.600. The molecule has 0 bridgehead atoms. The minimum absolute atomic E-state index is 0.0373. The van der Waals surface area contributed by atoms with E-state index in [1.807, 2.05) is 0 Å². The third kappa shape index (κ3) is 3.20. The zero-order chi connectivity index (χ0) is 8.97. The van der Waals surface area contributed by atoms with Crippen LogP contribution in [0.2, 0.25) is 0 Å². The van der Waals surface area contributed by atoms with Crippen molar-refractivity contribution in [1.82, 2.24) is 4.90 Å². The molecule has 1 aromatic carbocycles. The number of hydrogen-bond donors (Lipinski definition) is 0. The van der Waals surface area contributed by atoms with Gasteiger partial charge in [-0.25, -0.2) is 0 Å². The second kappa shape index (κ2) is 5.42. The Bertz CT molecular complexity index is 250. The summed E-state index contributed by atoms with van der Waals surface area (Å²) in [6.07, 6.45) is 0. The number of rotatable bonds is 3. The summed E-state index contributed by atoms with van der Waals surface area (Å²) >= 11 is 2.51. The van der Waals surface area contributed by atoms with Crippen LogP contribution in [0.5, 0.6) is 0 Å². The molecule has 0 saturated heterocycles. The van der Waals surface area contributed by atoms with Crippen molar-refractivity contribution >= 4 is 39.0 Å². The fourth-order valence-corrected chi connectivity index (χ4v) is 4.04. The van der Waals surface area contributed by atoms with Crippen molar-refractivity contribution in [3.05, 3.63) is 29.8 Å². The van der Waals surface area contributed by atoms with Crippen molar-refractivity contribution < 1.29 is 0 Å². The third-order valence-corrected chi connectivity index (χ3v) is 5.19. The maximum Gasteiger partial charge on any atom is 0.502 e. The first-order valence-corrected chi connectivity index (χ1v) is 9.83. The Kier molecular flexibility index (Phi) is 4.85. The average Bonchev–Trinajstić information content (AvgIpc) is 2.04. The van der Waals surface area contributed by atoms with Crippen molar-refractivity contribution in [2.24, 2.45) is 0 Å². The van der Waals surface area contributed by atoms with E-state index in [1.54, 1.807) is 3.69 Å². The Morgan fingerprint density at radius 2 is 2.00 bits per heavy atom. The van der Waals surface area contributed by atoms with Crippen LogP contribution in [0, 0.1) is 0 Å². The van der Waals surface area contributed by atoms with Gasteiger partial charge in [-0.15, -0.1) is 3.69 Å². The topological polar surface area (TPSA) is 3.24 Å². The first-order valence-electron chi connectivity index (χ1n) is 4.01. The number of nitrogens with zero attached hydrogens (tertiary/aromatic N) is 1. The van der Waals surface area contributed by atoms with Gasteiger partial charge in [0.1, 0.15) is 0 Å². The lowest BCUT2D eigenvalue weighted by atomic mass is 10.2. The molecule has 0 fully saturated rings. The molecule has 0 aliphatic heterocycles. The van der Waals surface area contributed by atoms with Crippen molar-refractivity contribution in [1.29, 1.82) is 0 Å². The lowest BCUT2D eigenvalue weighted by Gasteiger charge is -2.12. The fraction of sp³-hybridized carbons (Fsp3) is 0.333. The molecule has 0 aliphatic carbocycles. The van der Waals surface area contributed by atoms with Crippen LogP contribution in [-0.2, 0) is 6.54 Å². The monoisotopic (exact) mass is 285 g/mol. The first-order chi connectivity index (χ1) is 5.74. The molecule has 1 nitrogen and oxygen atoms in total. The highest BCUT2D eigenvalue weighted by Crippen LogP contribution is 1.99. The van der Waals surface area contributed by atoms with Crippen LogP contribution in [0.25, 0.3) is 0 Å². The average molecular weight is 285 g/mol. The molecular formula is C9H12IMgN. The molecule has 0 N–H and O–H groups in total. The molecule has 0 radical (unpaired) electrons. The van der Waals surface area contributed by atoms with Crippen molar-refractivity contribution in [2.75, 3.05) is 14.1 Å². The lowest BCUT2D eigenvalue weighted by Crippen LogP contribution is -2.20. The second-order valence-electron chi connectivity index (χ2n) is 3.14. The molecule has 1 aromatic rings. The van der Waals surface area contributed by atoms with E-state index in [-0.39, 0.29) is 16.5 Å². The van der Waals surface area contributed by atoms with Crippen LogP contribution in [0.3, 0.4) is 0 Å². The summed E-state index contributed by atoms with van der Waals surface area (Å²) in [6.45, 7) is 1.08. The van der Waals surface area contributed by atoms with Gasteiger partial charge in [-0.3, -0.25) is 18.9 Å². The van der Waals surface area contributed by atoms with Crippen LogP contribution >= 0.6 is 18.9 Å². The number of benzene rings is 1. The van der Waals surface area contributed by atoms with Crippen molar-refractivity contribution in [3.8, 4) is 0 Å². The summed E-state index contributed by atoms with van der Waals surface area (Å²) in [5, 5.41) is 0. The molecule has 62 valence electrons. The van der Waals surface area contributed by atoms with Gasteiger partial charge in [0.25, 0.3) is 0 Å². The summed E-state index contributed by atoms with van der Waals surface area (Å²) in [5.41, 5.74) is 1.50. The van der Waals surface area contributed by atoms with E-state index in [9.17, 15) is 0 Å². The molecule has 0 aliphatic rings. The van der Waals surface area contributed by atoms with Gasteiger partial charge < -0.3 is 4.90 Å². The summed E-state index contributed by atoms with van der Waals surface area (Å²) < 4.78 is 1.59. The highest BCUT2D eigenvalue weighted by atomic mass is 127. The van der Waals surface area contributed by atoms with Gasteiger partial charge in [0.2, 0.25) is 0 Å². The summed E-state index contributed by atoms with van der Waals surface area (Å²) in [7, 11) is 4.23. The lowest BCUT2D eigenvalue weighted by molar-refractivity contribution is 0.403. The standard InChI is InChI=1S/C9H12N.HI.Mg/c1-10(2)8-9-6-4-3-5-7-9;;/h3-6H,8H2,1-2H3;1H;/q;;+1/p-1. The molecule has 0 heterocycles. The zero-order valence-corrected chi connectivity index (χ0v) is 11.1. The molecular weight excluding hydrogens is 273 g/mol. The SMILES string of the molecule is CN(C)Cc1cccc[c]1[Mg][I]. The Hall–Kier alpha value is 0.676. The first kappa shape index (κ1) is 10.8. The van der Waals surface area contributed by atoms with E-state index >= 15 is 0 Å². The van der Waals surface area contributed by atoms with E-state index in [0.29, 0.717) is 0 Å². The zero-order valence-electron chi connectivity index (χ0n) is 7.55. The smallest absolute Gasteiger partial charge is 0.305 e. The van der Waals surface area contributed by atoms with Crippen LogP contribution in [0.1, 0.15) is 5.56 Å². The number of halogens is 1. The highest BCUT2D eigenvalue weighted by molar-refractivity contribution is 14.1. The molecule has 0 unspecified atom stereocenters. The Morgan fingerprint density at radius 3 is 2.58 bits per heavy atom. The molecule has 0 spiro atoms. The van der Waals surface area contributed by atoms with Gasteiger partial charge in [-0.2, -0.15) is 0 Å². The maximum atomic E-state index is 2.55. The highest BCUT2D eigenvalue weighted by Gasteiger charge is 2.02. The Morgan fingerprint density at radius 1 is 1.33 bits per heavy atom.